The van der Waals surface area contributed by atoms with Crippen LogP contribution < -0.4 is 16.2 Å². The molecular weight excluding hydrogens is 525 g/mol. The van der Waals surface area contributed by atoms with Gasteiger partial charge >= 0.3 is 12.1 Å². The number of pyridine rings is 1. The van der Waals surface area contributed by atoms with Crippen LogP contribution in [0.25, 0.3) is 10.9 Å². The number of rotatable bonds is 3. The molecule has 1 saturated carbocycles. The van der Waals surface area contributed by atoms with Gasteiger partial charge in [0.05, 0.1) is 5.52 Å². The van der Waals surface area contributed by atoms with Crippen molar-refractivity contribution >= 4 is 39.9 Å². The molecule has 0 saturated heterocycles. The molecule has 1 aliphatic heterocycles. The summed E-state index contributed by atoms with van der Waals surface area (Å²) in [6.45, 7) is 1.56. The number of alkyl halides is 5. The lowest BCUT2D eigenvalue weighted by atomic mass is 9.74. The van der Waals surface area contributed by atoms with Crippen LogP contribution in [-0.4, -0.2) is 43.2 Å². The molecular formula is C23H19ClF5N5O3. The number of hydrogen-bond acceptors (Lipinski definition) is 6. The molecule has 0 atom stereocenters. The van der Waals surface area contributed by atoms with E-state index in [0.717, 1.165) is 4.57 Å². The second kappa shape index (κ2) is 8.09. The fourth-order valence-corrected chi connectivity index (χ4v) is 5.28. The van der Waals surface area contributed by atoms with E-state index in [0.29, 0.717) is 21.5 Å². The van der Waals surface area contributed by atoms with E-state index in [1.54, 1.807) is 25.1 Å². The molecule has 1 aromatic carbocycles. The largest absolute Gasteiger partial charge is 0.456 e. The molecule has 3 N–H and O–H groups in total. The third-order valence-electron chi connectivity index (χ3n) is 7.08. The van der Waals surface area contributed by atoms with Crippen molar-refractivity contribution in [1.82, 2.24) is 19.9 Å². The average Bonchev–Trinajstić information content (AvgIpc) is 3.11. The summed E-state index contributed by atoms with van der Waals surface area (Å²) in [5.41, 5.74) is -4.85. The third-order valence-corrected chi connectivity index (χ3v) is 7.31. The number of halogens is 6. The van der Waals surface area contributed by atoms with Gasteiger partial charge in [-0.1, -0.05) is 11.6 Å². The Labute approximate surface area is 210 Å². The summed E-state index contributed by atoms with van der Waals surface area (Å²) in [5, 5.41) is 16.7. The number of carbonyl (C=O) groups excluding carboxylic acids is 1. The Balaban J connectivity index is 1.56. The van der Waals surface area contributed by atoms with Crippen molar-refractivity contribution in [2.24, 2.45) is 0 Å². The van der Waals surface area contributed by atoms with Crippen molar-refractivity contribution in [3.05, 3.63) is 57.2 Å². The number of nitrogens with one attached hydrogen (secondary N) is 2. The number of aliphatic hydroxyl groups is 1. The number of aryl methyl sites for hydroxylation is 1. The van der Waals surface area contributed by atoms with Crippen molar-refractivity contribution in [1.29, 1.82) is 0 Å². The van der Waals surface area contributed by atoms with Gasteiger partial charge in [-0.3, -0.25) is 14.2 Å². The van der Waals surface area contributed by atoms with Crippen molar-refractivity contribution in [3.8, 4) is 0 Å². The maximum Gasteiger partial charge on any atom is 0.456 e. The van der Waals surface area contributed by atoms with Crippen LogP contribution in [0.1, 0.15) is 41.7 Å². The van der Waals surface area contributed by atoms with E-state index in [1.165, 1.54) is 12.4 Å². The molecule has 8 nitrogen and oxygen atoms in total. The second-order valence-corrected chi connectivity index (χ2v) is 9.76. The highest BCUT2D eigenvalue weighted by molar-refractivity contribution is 6.31. The van der Waals surface area contributed by atoms with E-state index in [-0.39, 0.29) is 17.2 Å². The van der Waals surface area contributed by atoms with Gasteiger partial charge in [-0.15, -0.1) is 0 Å². The number of carbonyl (C=O) groups is 1. The Morgan fingerprint density at radius 1 is 1.08 bits per heavy atom. The van der Waals surface area contributed by atoms with Gasteiger partial charge in [0.25, 0.3) is 11.5 Å². The molecule has 14 heteroatoms. The highest BCUT2D eigenvalue weighted by Gasteiger charge is 2.71. The Kier molecular flexibility index (Phi) is 5.54. The molecule has 0 bridgehead atoms. The van der Waals surface area contributed by atoms with Crippen LogP contribution >= 0.6 is 11.6 Å². The van der Waals surface area contributed by atoms with Crippen molar-refractivity contribution in [3.63, 3.8) is 0 Å². The molecule has 1 fully saturated rings. The number of aromatic nitrogens is 3. The van der Waals surface area contributed by atoms with Crippen molar-refractivity contribution < 1.29 is 31.9 Å². The summed E-state index contributed by atoms with van der Waals surface area (Å²) < 4.78 is 68.2. The van der Waals surface area contributed by atoms with Gasteiger partial charge in [-0.05, 0) is 62.4 Å². The normalized spacial score (nSPS) is 23.8. The molecule has 3 heterocycles. The van der Waals surface area contributed by atoms with Crippen LogP contribution in [-0.2, 0) is 5.66 Å². The average molecular weight is 544 g/mol. The SMILES string of the molecule is Cc1cc(Nc2ncnc3ccc(Cl)cc23)c(=O)n2c1C(=O)NC21CCC(O)(C(F)(F)C(F)(F)F)CC1. The van der Waals surface area contributed by atoms with E-state index in [9.17, 15) is 36.6 Å². The number of fused-ring (bicyclic) bond motifs is 3. The predicted molar refractivity (Wildman–Crippen MR) is 123 cm³/mol. The molecule has 2 aliphatic rings. The first kappa shape index (κ1) is 25.3. The molecule has 0 radical (unpaired) electrons. The number of nitrogens with zero attached hydrogens (tertiary/aromatic N) is 3. The fourth-order valence-electron chi connectivity index (χ4n) is 5.11. The molecule has 37 heavy (non-hydrogen) atoms. The maximum atomic E-state index is 14.1. The van der Waals surface area contributed by atoms with Gasteiger partial charge in [0.2, 0.25) is 0 Å². The van der Waals surface area contributed by atoms with Gasteiger partial charge in [0.15, 0.2) is 0 Å². The summed E-state index contributed by atoms with van der Waals surface area (Å²) in [5.74, 6) is -5.81. The zero-order valence-corrected chi connectivity index (χ0v) is 19.8. The molecule has 2 aromatic heterocycles. The molecule has 0 unspecified atom stereocenters. The van der Waals surface area contributed by atoms with Crippen LogP contribution in [0, 0.1) is 6.92 Å². The van der Waals surface area contributed by atoms with Crippen LogP contribution in [0.4, 0.5) is 33.5 Å². The van der Waals surface area contributed by atoms with E-state index in [1.807, 2.05) is 0 Å². The first-order chi connectivity index (χ1) is 17.2. The summed E-state index contributed by atoms with van der Waals surface area (Å²) in [6, 6.07) is 6.29. The minimum atomic E-state index is -5.96. The summed E-state index contributed by atoms with van der Waals surface area (Å²) in [4.78, 5) is 34.7. The Morgan fingerprint density at radius 3 is 2.41 bits per heavy atom. The quantitative estimate of drug-likeness (QED) is 0.423. The summed E-state index contributed by atoms with van der Waals surface area (Å²) in [6.07, 6.45) is -7.75. The van der Waals surface area contributed by atoms with E-state index >= 15 is 0 Å². The van der Waals surface area contributed by atoms with Gasteiger partial charge in [0, 0.05) is 10.4 Å². The Morgan fingerprint density at radius 2 is 1.76 bits per heavy atom. The Bertz CT molecular complexity index is 1500. The zero-order chi connectivity index (χ0) is 27.0. The molecule has 1 spiro atoms. The minimum Gasteiger partial charge on any atom is -0.383 e. The smallest absolute Gasteiger partial charge is 0.383 e. The number of benzene rings is 1. The van der Waals surface area contributed by atoms with Crippen LogP contribution in [0.5, 0.6) is 0 Å². The molecule has 5 rings (SSSR count). The lowest BCUT2D eigenvalue weighted by Crippen LogP contribution is -2.62. The summed E-state index contributed by atoms with van der Waals surface area (Å²) >= 11 is 6.08. The highest BCUT2D eigenvalue weighted by Crippen LogP contribution is 2.52. The molecule has 1 amide bonds. The minimum absolute atomic E-state index is 0.0152. The standard InChI is InChI=1S/C23H19ClF5N5O3/c1-11-8-15(32-17-13-9-12(24)2-3-14(13)30-10-31-17)19(36)34-16(11)18(35)33-21(34)6-4-20(37,5-7-21)22(25,26)23(27,28)29/h2-3,8-10,37H,4-7H2,1H3,(H,33,35)(H,30,31,32). The molecule has 1 aliphatic carbocycles. The first-order valence-corrected chi connectivity index (χ1v) is 11.5. The van der Waals surface area contributed by atoms with Gasteiger partial charge in [-0.2, -0.15) is 22.0 Å². The topological polar surface area (TPSA) is 109 Å². The van der Waals surface area contributed by atoms with Crippen molar-refractivity contribution in [2.75, 3.05) is 5.32 Å². The number of hydrogen-bond donors (Lipinski definition) is 3. The van der Waals surface area contributed by atoms with E-state index in [2.05, 4.69) is 20.6 Å². The highest BCUT2D eigenvalue weighted by atomic mass is 35.5. The van der Waals surface area contributed by atoms with Crippen molar-refractivity contribution in [2.45, 2.75) is 56.0 Å². The summed E-state index contributed by atoms with van der Waals surface area (Å²) in [7, 11) is 0. The van der Waals surface area contributed by atoms with E-state index < -0.39 is 60.5 Å². The second-order valence-electron chi connectivity index (χ2n) is 9.33. The van der Waals surface area contributed by atoms with Gasteiger partial charge in [-0.25, -0.2) is 9.97 Å². The number of amides is 1. The molecule has 3 aromatic rings. The Hall–Kier alpha value is -3.32. The lowest BCUT2D eigenvalue weighted by Gasteiger charge is -2.45. The first-order valence-electron chi connectivity index (χ1n) is 11.1. The van der Waals surface area contributed by atoms with E-state index in [4.69, 9.17) is 11.6 Å². The maximum absolute atomic E-state index is 14.1. The fraction of sp³-hybridized carbons (Fsp3) is 0.391. The van der Waals surface area contributed by atoms with Gasteiger partial charge in [0.1, 0.15) is 34.8 Å². The van der Waals surface area contributed by atoms with Gasteiger partial charge < -0.3 is 15.7 Å². The van der Waals surface area contributed by atoms with Crippen LogP contribution in [0.2, 0.25) is 5.02 Å². The molecule has 196 valence electrons. The third kappa shape index (κ3) is 3.74. The lowest BCUT2D eigenvalue weighted by molar-refractivity contribution is -0.349. The number of anilines is 2. The van der Waals surface area contributed by atoms with Crippen LogP contribution in [0.3, 0.4) is 0 Å². The zero-order valence-electron chi connectivity index (χ0n) is 19.1. The van der Waals surface area contributed by atoms with Crippen LogP contribution in [0.15, 0.2) is 35.4 Å². The monoisotopic (exact) mass is 543 g/mol. The predicted octanol–water partition coefficient (Wildman–Crippen LogP) is 4.40.